The molecule has 1 heterocycles. The highest BCUT2D eigenvalue weighted by Crippen LogP contribution is 2.14. The third kappa shape index (κ3) is 3.02. The molecule has 0 N–H and O–H groups in total. The van der Waals surface area contributed by atoms with E-state index in [2.05, 4.69) is 10.9 Å². The lowest BCUT2D eigenvalue weighted by Gasteiger charge is -2.06. The Morgan fingerprint density at radius 3 is 2.39 bits per heavy atom. The summed E-state index contributed by atoms with van der Waals surface area (Å²) in [5.74, 6) is 3.99. The molecule has 3 nitrogen and oxygen atoms in total. The standard InChI is InChI=1S/C15H13NO2/c1-3-13-6-9-15(10-16-13)18-11-12-4-7-14(17-2)8-5-12/h1,4-10H,11H2,2H3. The van der Waals surface area contributed by atoms with E-state index in [1.54, 1.807) is 19.4 Å². The third-order valence-corrected chi connectivity index (χ3v) is 2.45. The Kier molecular flexibility index (Phi) is 3.83. The van der Waals surface area contributed by atoms with Crippen molar-refractivity contribution in [3.8, 4) is 23.8 Å². The van der Waals surface area contributed by atoms with E-state index < -0.39 is 0 Å². The molecule has 0 bridgehead atoms. The Morgan fingerprint density at radius 1 is 1.11 bits per heavy atom. The quantitative estimate of drug-likeness (QED) is 0.769. The van der Waals surface area contributed by atoms with Crippen LogP contribution in [-0.2, 0) is 6.61 Å². The minimum Gasteiger partial charge on any atom is -0.497 e. The van der Waals surface area contributed by atoms with Gasteiger partial charge in [-0.3, -0.25) is 0 Å². The lowest BCUT2D eigenvalue weighted by molar-refractivity contribution is 0.304. The van der Waals surface area contributed by atoms with Gasteiger partial charge in [-0.15, -0.1) is 6.42 Å². The predicted molar refractivity (Wildman–Crippen MR) is 69.5 cm³/mol. The molecule has 1 aromatic carbocycles. The Hall–Kier alpha value is -2.47. The Morgan fingerprint density at radius 2 is 1.83 bits per heavy atom. The summed E-state index contributed by atoms with van der Waals surface area (Å²) in [4.78, 5) is 4.06. The molecule has 0 aliphatic heterocycles. The zero-order valence-corrected chi connectivity index (χ0v) is 10.1. The topological polar surface area (TPSA) is 31.4 Å². The first kappa shape index (κ1) is 12.0. The molecule has 0 aliphatic rings. The normalized spacial score (nSPS) is 9.56. The first-order valence-electron chi connectivity index (χ1n) is 5.50. The number of hydrogen-bond donors (Lipinski definition) is 0. The number of methoxy groups -OCH3 is 1. The molecular formula is C15H13NO2. The van der Waals surface area contributed by atoms with Crippen molar-refractivity contribution in [2.24, 2.45) is 0 Å². The minimum atomic E-state index is 0.487. The van der Waals surface area contributed by atoms with Crippen LogP contribution in [0.15, 0.2) is 42.6 Å². The number of hydrogen-bond acceptors (Lipinski definition) is 3. The van der Waals surface area contributed by atoms with Gasteiger partial charge in [0.25, 0.3) is 0 Å². The van der Waals surface area contributed by atoms with Crippen molar-refractivity contribution in [3.63, 3.8) is 0 Å². The SMILES string of the molecule is C#Cc1ccc(OCc2ccc(OC)cc2)cn1. The molecule has 1 aromatic heterocycles. The van der Waals surface area contributed by atoms with Crippen LogP contribution in [0.3, 0.4) is 0 Å². The molecular weight excluding hydrogens is 226 g/mol. The van der Waals surface area contributed by atoms with Crippen LogP contribution >= 0.6 is 0 Å². The van der Waals surface area contributed by atoms with Gasteiger partial charge < -0.3 is 9.47 Å². The molecule has 2 rings (SSSR count). The Labute approximate surface area is 106 Å². The number of rotatable bonds is 4. The molecule has 0 amide bonds. The van der Waals surface area contributed by atoms with Crippen LogP contribution in [0.2, 0.25) is 0 Å². The molecule has 0 unspecified atom stereocenters. The molecule has 0 atom stereocenters. The molecule has 90 valence electrons. The molecule has 0 saturated heterocycles. The van der Waals surface area contributed by atoms with Crippen LogP contribution < -0.4 is 9.47 Å². The van der Waals surface area contributed by atoms with Gasteiger partial charge in [-0.1, -0.05) is 18.1 Å². The second-order valence-corrected chi connectivity index (χ2v) is 3.66. The van der Waals surface area contributed by atoms with Crippen molar-refractivity contribution in [3.05, 3.63) is 53.9 Å². The molecule has 0 fully saturated rings. The summed E-state index contributed by atoms with van der Waals surface area (Å²) >= 11 is 0. The second-order valence-electron chi connectivity index (χ2n) is 3.66. The number of nitrogens with zero attached hydrogens (tertiary/aromatic N) is 1. The van der Waals surface area contributed by atoms with E-state index in [1.807, 2.05) is 30.3 Å². The lowest BCUT2D eigenvalue weighted by atomic mass is 10.2. The van der Waals surface area contributed by atoms with Crippen LogP contribution in [0.1, 0.15) is 11.3 Å². The van der Waals surface area contributed by atoms with Crippen molar-refractivity contribution < 1.29 is 9.47 Å². The fourth-order valence-corrected chi connectivity index (χ4v) is 1.44. The van der Waals surface area contributed by atoms with Gasteiger partial charge in [-0.05, 0) is 29.8 Å². The molecule has 18 heavy (non-hydrogen) atoms. The average Bonchev–Trinajstić information content (AvgIpc) is 2.46. The fraction of sp³-hybridized carbons (Fsp3) is 0.133. The van der Waals surface area contributed by atoms with Gasteiger partial charge in [0.15, 0.2) is 0 Å². The smallest absolute Gasteiger partial charge is 0.138 e. The van der Waals surface area contributed by atoms with Crippen LogP contribution in [0.4, 0.5) is 0 Å². The zero-order valence-electron chi connectivity index (χ0n) is 10.1. The zero-order chi connectivity index (χ0) is 12.8. The second kappa shape index (κ2) is 5.74. The molecule has 0 aliphatic carbocycles. The first-order chi connectivity index (χ1) is 8.81. The number of benzene rings is 1. The van der Waals surface area contributed by atoms with Gasteiger partial charge in [-0.2, -0.15) is 0 Å². The summed E-state index contributed by atoms with van der Waals surface area (Å²) in [6.07, 6.45) is 6.85. The van der Waals surface area contributed by atoms with Crippen LogP contribution in [0, 0.1) is 12.3 Å². The summed E-state index contributed by atoms with van der Waals surface area (Å²) < 4.78 is 10.7. The number of ether oxygens (including phenoxy) is 2. The van der Waals surface area contributed by atoms with Gasteiger partial charge in [0.05, 0.1) is 13.3 Å². The van der Waals surface area contributed by atoms with E-state index in [1.165, 1.54) is 0 Å². The van der Waals surface area contributed by atoms with E-state index in [0.717, 1.165) is 11.3 Å². The first-order valence-corrected chi connectivity index (χ1v) is 5.50. The molecule has 0 saturated carbocycles. The van der Waals surface area contributed by atoms with Crippen LogP contribution in [-0.4, -0.2) is 12.1 Å². The number of terminal acetylenes is 1. The van der Waals surface area contributed by atoms with Crippen molar-refractivity contribution in [1.29, 1.82) is 0 Å². The van der Waals surface area contributed by atoms with Crippen LogP contribution in [0.25, 0.3) is 0 Å². The van der Waals surface area contributed by atoms with E-state index in [-0.39, 0.29) is 0 Å². The average molecular weight is 239 g/mol. The van der Waals surface area contributed by atoms with Crippen molar-refractivity contribution in [2.75, 3.05) is 7.11 Å². The van der Waals surface area contributed by atoms with Crippen LogP contribution in [0.5, 0.6) is 11.5 Å². The third-order valence-electron chi connectivity index (χ3n) is 2.45. The highest BCUT2D eigenvalue weighted by molar-refractivity contribution is 5.30. The molecule has 3 heteroatoms. The van der Waals surface area contributed by atoms with Crippen molar-refractivity contribution in [2.45, 2.75) is 6.61 Å². The summed E-state index contributed by atoms with van der Waals surface area (Å²) in [7, 11) is 1.64. The summed E-state index contributed by atoms with van der Waals surface area (Å²) in [5.41, 5.74) is 1.67. The van der Waals surface area contributed by atoms with E-state index in [4.69, 9.17) is 15.9 Å². The lowest BCUT2D eigenvalue weighted by Crippen LogP contribution is -1.96. The summed E-state index contributed by atoms with van der Waals surface area (Å²) in [6.45, 7) is 0.487. The maximum absolute atomic E-state index is 5.59. The number of pyridine rings is 1. The molecule has 0 spiro atoms. The fourth-order valence-electron chi connectivity index (χ4n) is 1.44. The van der Waals surface area contributed by atoms with Gasteiger partial charge in [-0.25, -0.2) is 4.98 Å². The highest BCUT2D eigenvalue weighted by atomic mass is 16.5. The Bertz CT molecular complexity index is 538. The van der Waals surface area contributed by atoms with E-state index in [9.17, 15) is 0 Å². The van der Waals surface area contributed by atoms with Gasteiger partial charge in [0, 0.05) is 0 Å². The minimum absolute atomic E-state index is 0.487. The van der Waals surface area contributed by atoms with Crippen molar-refractivity contribution in [1.82, 2.24) is 4.98 Å². The monoisotopic (exact) mass is 239 g/mol. The van der Waals surface area contributed by atoms with E-state index >= 15 is 0 Å². The van der Waals surface area contributed by atoms with Crippen molar-refractivity contribution >= 4 is 0 Å². The maximum atomic E-state index is 5.59. The highest BCUT2D eigenvalue weighted by Gasteiger charge is 1.97. The summed E-state index contributed by atoms with van der Waals surface area (Å²) in [5, 5.41) is 0. The predicted octanol–water partition coefficient (Wildman–Crippen LogP) is 2.65. The summed E-state index contributed by atoms with van der Waals surface area (Å²) in [6, 6.07) is 11.3. The number of aromatic nitrogens is 1. The molecule has 0 radical (unpaired) electrons. The maximum Gasteiger partial charge on any atom is 0.138 e. The van der Waals surface area contributed by atoms with Gasteiger partial charge in [0.1, 0.15) is 23.8 Å². The van der Waals surface area contributed by atoms with E-state index in [0.29, 0.717) is 18.1 Å². The molecule has 2 aromatic rings. The van der Waals surface area contributed by atoms with Gasteiger partial charge in [0.2, 0.25) is 0 Å². The largest absolute Gasteiger partial charge is 0.497 e. The van der Waals surface area contributed by atoms with Gasteiger partial charge >= 0.3 is 0 Å². The Balaban J connectivity index is 1.95.